The monoisotopic (exact) mass is 311 g/mol. The summed E-state index contributed by atoms with van der Waals surface area (Å²) in [6, 6.07) is 7.82. The van der Waals surface area contributed by atoms with E-state index in [0.717, 1.165) is 15.8 Å². The Bertz CT molecular complexity index is 524. The first-order chi connectivity index (χ1) is 8.13. The molecule has 2 rings (SSSR count). The Morgan fingerprint density at radius 2 is 2.06 bits per heavy atom. The third kappa shape index (κ3) is 2.54. The maximum Gasteiger partial charge on any atom is 0.119 e. The maximum absolute atomic E-state index is 6.31. The number of hydrogen-bond donors (Lipinski definition) is 1. The van der Waals surface area contributed by atoms with Crippen molar-refractivity contribution in [2.75, 3.05) is 7.11 Å². The fourth-order valence-corrected chi connectivity index (χ4v) is 3.02. The van der Waals surface area contributed by atoms with Crippen LogP contribution in [-0.2, 0) is 0 Å². The number of benzene rings is 1. The molecule has 0 saturated carbocycles. The Labute approximate surface area is 114 Å². The number of hydrogen-bond acceptors (Lipinski definition) is 3. The van der Waals surface area contributed by atoms with E-state index in [1.807, 2.05) is 18.2 Å². The number of halogens is 1. The lowest BCUT2D eigenvalue weighted by Gasteiger charge is -2.15. The van der Waals surface area contributed by atoms with Gasteiger partial charge in [-0.05, 0) is 47.7 Å². The van der Waals surface area contributed by atoms with Gasteiger partial charge >= 0.3 is 0 Å². The third-order valence-electron chi connectivity index (χ3n) is 2.77. The second kappa shape index (κ2) is 5.21. The van der Waals surface area contributed by atoms with Crippen LogP contribution < -0.4 is 10.5 Å². The number of thiophene rings is 1. The van der Waals surface area contributed by atoms with Gasteiger partial charge in [-0.2, -0.15) is 0 Å². The Morgan fingerprint density at radius 3 is 2.65 bits per heavy atom. The zero-order valence-electron chi connectivity index (χ0n) is 9.74. The van der Waals surface area contributed by atoms with Gasteiger partial charge in [0, 0.05) is 9.35 Å². The maximum atomic E-state index is 6.31. The second-order valence-corrected chi connectivity index (χ2v) is 5.77. The summed E-state index contributed by atoms with van der Waals surface area (Å²) in [4.78, 5) is 1.26. The summed E-state index contributed by atoms with van der Waals surface area (Å²) in [5, 5.41) is 2.07. The standard InChI is InChI=1S/C13H14BrNOS/c1-8-10(5-6-17-8)13(15)11-7-9(16-2)3-4-12(11)14/h3-7,13H,15H2,1-2H3. The molecule has 1 aromatic carbocycles. The van der Waals surface area contributed by atoms with Crippen LogP contribution in [0.15, 0.2) is 34.1 Å². The van der Waals surface area contributed by atoms with Gasteiger partial charge in [-0.15, -0.1) is 11.3 Å². The molecule has 0 radical (unpaired) electrons. The van der Waals surface area contributed by atoms with E-state index in [-0.39, 0.29) is 6.04 Å². The molecule has 0 aliphatic heterocycles. The first-order valence-electron chi connectivity index (χ1n) is 5.26. The normalized spacial score (nSPS) is 12.5. The Kier molecular flexibility index (Phi) is 3.86. The van der Waals surface area contributed by atoms with Crippen LogP contribution in [0.5, 0.6) is 5.75 Å². The minimum absolute atomic E-state index is 0.120. The zero-order chi connectivity index (χ0) is 12.4. The molecule has 0 aliphatic rings. The molecule has 1 heterocycles. The van der Waals surface area contributed by atoms with E-state index in [9.17, 15) is 0 Å². The van der Waals surface area contributed by atoms with E-state index in [2.05, 4.69) is 34.3 Å². The predicted molar refractivity (Wildman–Crippen MR) is 75.8 cm³/mol. The minimum Gasteiger partial charge on any atom is -0.497 e. The van der Waals surface area contributed by atoms with E-state index < -0.39 is 0 Å². The molecule has 0 aliphatic carbocycles. The van der Waals surface area contributed by atoms with Gasteiger partial charge in [-0.3, -0.25) is 0 Å². The molecule has 2 aromatic rings. The Hall–Kier alpha value is -0.840. The van der Waals surface area contributed by atoms with Gasteiger partial charge in [0.05, 0.1) is 13.2 Å². The quantitative estimate of drug-likeness (QED) is 0.933. The number of aryl methyl sites for hydroxylation is 1. The lowest BCUT2D eigenvalue weighted by Crippen LogP contribution is -2.12. The molecule has 4 heteroatoms. The topological polar surface area (TPSA) is 35.2 Å². The smallest absolute Gasteiger partial charge is 0.119 e. The molecule has 2 N–H and O–H groups in total. The molecule has 1 unspecified atom stereocenters. The van der Waals surface area contributed by atoms with Crippen LogP contribution in [0, 0.1) is 6.92 Å². The molecular weight excluding hydrogens is 298 g/mol. The highest BCUT2D eigenvalue weighted by Gasteiger charge is 2.15. The van der Waals surface area contributed by atoms with Crippen molar-refractivity contribution >= 4 is 27.3 Å². The fourth-order valence-electron chi connectivity index (χ4n) is 1.77. The van der Waals surface area contributed by atoms with Crippen LogP contribution in [0.2, 0.25) is 0 Å². The van der Waals surface area contributed by atoms with Crippen LogP contribution in [0.1, 0.15) is 22.0 Å². The van der Waals surface area contributed by atoms with E-state index in [4.69, 9.17) is 10.5 Å². The molecule has 0 fully saturated rings. The van der Waals surface area contributed by atoms with Crippen molar-refractivity contribution < 1.29 is 4.74 Å². The van der Waals surface area contributed by atoms with Crippen molar-refractivity contribution in [1.82, 2.24) is 0 Å². The van der Waals surface area contributed by atoms with Crippen molar-refractivity contribution in [2.24, 2.45) is 5.73 Å². The molecule has 1 aromatic heterocycles. The third-order valence-corrected chi connectivity index (χ3v) is 4.36. The van der Waals surface area contributed by atoms with Crippen molar-refractivity contribution in [3.8, 4) is 5.75 Å². The summed E-state index contributed by atoms with van der Waals surface area (Å²) in [5.41, 5.74) is 8.52. The van der Waals surface area contributed by atoms with Crippen LogP contribution in [0.4, 0.5) is 0 Å². The highest BCUT2D eigenvalue weighted by molar-refractivity contribution is 9.10. The van der Waals surface area contributed by atoms with Crippen molar-refractivity contribution in [2.45, 2.75) is 13.0 Å². The molecular formula is C13H14BrNOS. The van der Waals surface area contributed by atoms with Crippen LogP contribution in [0.3, 0.4) is 0 Å². The molecule has 2 nitrogen and oxygen atoms in total. The van der Waals surface area contributed by atoms with Gasteiger partial charge in [0.2, 0.25) is 0 Å². The molecule has 1 atom stereocenters. The van der Waals surface area contributed by atoms with Crippen molar-refractivity contribution in [3.05, 3.63) is 50.1 Å². The number of rotatable bonds is 3. The Morgan fingerprint density at radius 1 is 1.29 bits per heavy atom. The molecule has 17 heavy (non-hydrogen) atoms. The molecule has 0 amide bonds. The minimum atomic E-state index is -0.120. The zero-order valence-corrected chi connectivity index (χ0v) is 12.1. The molecule has 90 valence electrons. The summed E-state index contributed by atoms with van der Waals surface area (Å²) in [7, 11) is 1.66. The van der Waals surface area contributed by atoms with Gasteiger partial charge in [0.1, 0.15) is 5.75 Å². The van der Waals surface area contributed by atoms with Crippen LogP contribution in [-0.4, -0.2) is 7.11 Å². The predicted octanol–water partition coefficient (Wildman–Crippen LogP) is 3.88. The SMILES string of the molecule is COc1ccc(Br)c(C(N)c2ccsc2C)c1. The number of methoxy groups -OCH3 is 1. The van der Waals surface area contributed by atoms with Crippen LogP contribution in [0.25, 0.3) is 0 Å². The van der Waals surface area contributed by atoms with Crippen LogP contribution >= 0.6 is 27.3 Å². The number of ether oxygens (including phenoxy) is 1. The van der Waals surface area contributed by atoms with Crippen molar-refractivity contribution in [3.63, 3.8) is 0 Å². The van der Waals surface area contributed by atoms with Gasteiger partial charge in [0.25, 0.3) is 0 Å². The first-order valence-corrected chi connectivity index (χ1v) is 6.93. The average Bonchev–Trinajstić information content (AvgIpc) is 2.75. The highest BCUT2D eigenvalue weighted by Crippen LogP contribution is 2.32. The average molecular weight is 312 g/mol. The second-order valence-electron chi connectivity index (χ2n) is 3.80. The van der Waals surface area contributed by atoms with Gasteiger partial charge in [-0.1, -0.05) is 15.9 Å². The summed E-state index contributed by atoms with van der Waals surface area (Å²) < 4.78 is 6.24. The van der Waals surface area contributed by atoms with Crippen molar-refractivity contribution in [1.29, 1.82) is 0 Å². The van der Waals surface area contributed by atoms with Gasteiger partial charge < -0.3 is 10.5 Å². The summed E-state index contributed by atoms with van der Waals surface area (Å²) >= 11 is 5.25. The lowest BCUT2D eigenvalue weighted by molar-refractivity contribution is 0.414. The highest BCUT2D eigenvalue weighted by atomic mass is 79.9. The van der Waals surface area contributed by atoms with E-state index >= 15 is 0 Å². The summed E-state index contributed by atoms with van der Waals surface area (Å²) in [6.07, 6.45) is 0. The van der Waals surface area contributed by atoms with E-state index in [0.29, 0.717) is 0 Å². The van der Waals surface area contributed by atoms with E-state index in [1.165, 1.54) is 10.4 Å². The van der Waals surface area contributed by atoms with Gasteiger partial charge in [0.15, 0.2) is 0 Å². The summed E-state index contributed by atoms with van der Waals surface area (Å²) in [6.45, 7) is 2.09. The molecule has 0 spiro atoms. The molecule has 0 bridgehead atoms. The number of nitrogens with two attached hydrogens (primary N) is 1. The summed E-state index contributed by atoms with van der Waals surface area (Å²) in [5.74, 6) is 0.825. The largest absolute Gasteiger partial charge is 0.497 e. The van der Waals surface area contributed by atoms with Gasteiger partial charge in [-0.25, -0.2) is 0 Å². The molecule has 0 saturated heterocycles. The van der Waals surface area contributed by atoms with E-state index in [1.54, 1.807) is 18.4 Å². The first kappa shape index (κ1) is 12.6. The Balaban J connectivity index is 2.43. The fraction of sp³-hybridized carbons (Fsp3) is 0.231. The lowest BCUT2D eigenvalue weighted by atomic mass is 10.0.